The molecule has 7 nitrogen and oxygen atoms in total. The molecule has 1 saturated heterocycles. The first-order valence-electron chi connectivity index (χ1n) is 10.5. The maximum absolute atomic E-state index is 13.3. The second-order valence-corrected chi connectivity index (χ2v) is 8.12. The third-order valence-electron chi connectivity index (χ3n) is 5.61. The number of likely N-dealkylation sites (N-methyl/N-ethyl adjacent to an activating group) is 1. The van der Waals surface area contributed by atoms with Gasteiger partial charge in [0.25, 0.3) is 11.8 Å². The zero-order valence-corrected chi connectivity index (χ0v) is 18.3. The van der Waals surface area contributed by atoms with Crippen LogP contribution in [0.4, 0.5) is 0 Å². The van der Waals surface area contributed by atoms with Crippen LogP contribution >= 0.6 is 0 Å². The first kappa shape index (κ1) is 21.6. The number of carbonyl (C=O) groups is 2. The molecule has 2 aromatic heterocycles. The zero-order valence-electron chi connectivity index (χ0n) is 18.3. The number of benzene rings is 1. The molecule has 4 rings (SSSR count). The number of hydrogen-bond donors (Lipinski definition) is 0. The van der Waals surface area contributed by atoms with E-state index in [0.717, 1.165) is 16.7 Å². The monoisotopic (exact) mass is 430 g/mol. The average molecular weight is 431 g/mol. The van der Waals surface area contributed by atoms with Crippen LogP contribution < -0.4 is 0 Å². The first-order valence-corrected chi connectivity index (χ1v) is 10.5. The van der Waals surface area contributed by atoms with Crippen LogP contribution in [0, 0.1) is 0 Å². The second kappa shape index (κ2) is 9.28. The molecule has 164 valence electrons. The van der Waals surface area contributed by atoms with Gasteiger partial charge in [-0.05, 0) is 34.9 Å². The lowest BCUT2D eigenvalue weighted by Gasteiger charge is -2.43. The van der Waals surface area contributed by atoms with Crippen molar-refractivity contribution in [3.05, 3.63) is 84.4 Å². The Kier molecular flexibility index (Phi) is 6.28. The molecular weight excluding hydrogens is 404 g/mol. The molecule has 0 saturated carbocycles. The summed E-state index contributed by atoms with van der Waals surface area (Å²) in [6.45, 7) is 0.903. The standard InChI is InChI=1S/C25H26N4O3/c1-28(2)24(31)25(16-19-5-3-6-21(15-19)22-7-4-10-27-17-22)18-29(13-14-32-25)23(30)20-8-11-26-12-9-20/h3-12,15,17H,13-14,16,18H2,1-2H3/t25-/m0/s1. The van der Waals surface area contributed by atoms with E-state index < -0.39 is 5.60 Å². The molecule has 0 spiro atoms. The second-order valence-electron chi connectivity index (χ2n) is 8.12. The zero-order chi connectivity index (χ0) is 22.6. The number of nitrogens with zero attached hydrogens (tertiary/aromatic N) is 4. The predicted octanol–water partition coefficient (Wildman–Crippen LogP) is 2.69. The van der Waals surface area contributed by atoms with E-state index in [1.807, 2.05) is 36.5 Å². The molecule has 0 aliphatic carbocycles. The minimum atomic E-state index is -1.15. The van der Waals surface area contributed by atoms with Crippen LogP contribution in [0.2, 0.25) is 0 Å². The van der Waals surface area contributed by atoms with E-state index >= 15 is 0 Å². The molecule has 0 bridgehead atoms. The summed E-state index contributed by atoms with van der Waals surface area (Å²) in [5.41, 5.74) is 2.37. The van der Waals surface area contributed by atoms with Gasteiger partial charge in [-0.25, -0.2) is 0 Å². The van der Waals surface area contributed by atoms with Crippen molar-refractivity contribution in [3.63, 3.8) is 0 Å². The molecule has 2 amide bonds. The molecule has 3 heterocycles. The average Bonchev–Trinajstić information content (AvgIpc) is 2.84. The molecular formula is C25H26N4O3. The SMILES string of the molecule is CN(C)C(=O)[C@]1(Cc2cccc(-c3cccnc3)c2)CN(C(=O)c2ccncc2)CCO1. The number of pyridine rings is 2. The lowest BCUT2D eigenvalue weighted by Crippen LogP contribution is -2.61. The Hall–Kier alpha value is -3.58. The Balaban J connectivity index is 1.64. The van der Waals surface area contributed by atoms with Crippen LogP contribution in [-0.4, -0.2) is 71.0 Å². The van der Waals surface area contributed by atoms with Gasteiger partial charge in [-0.15, -0.1) is 0 Å². The number of hydrogen-bond acceptors (Lipinski definition) is 5. The van der Waals surface area contributed by atoms with Gasteiger partial charge in [-0.2, -0.15) is 0 Å². The van der Waals surface area contributed by atoms with Crippen LogP contribution in [0.5, 0.6) is 0 Å². The third kappa shape index (κ3) is 4.53. The quantitative estimate of drug-likeness (QED) is 0.622. The van der Waals surface area contributed by atoms with Crippen LogP contribution in [-0.2, 0) is 16.0 Å². The smallest absolute Gasteiger partial charge is 0.256 e. The van der Waals surface area contributed by atoms with Crippen molar-refractivity contribution in [2.24, 2.45) is 0 Å². The van der Waals surface area contributed by atoms with Crippen LogP contribution in [0.3, 0.4) is 0 Å². The molecule has 1 aliphatic rings. The fraction of sp³-hybridized carbons (Fsp3) is 0.280. The Bertz CT molecular complexity index is 1090. The normalized spacial score (nSPS) is 18.2. The van der Waals surface area contributed by atoms with E-state index in [2.05, 4.69) is 16.0 Å². The van der Waals surface area contributed by atoms with E-state index in [1.165, 1.54) is 4.90 Å². The Morgan fingerprint density at radius 1 is 1.03 bits per heavy atom. The van der Waals surface area contributed by atoms with Gasteiger partial charge in [-0.1, -0.05) is 30.3 Å². The molecule has 0 radical (unpaired) electrons. The van der Waals surface area contributed by atoms with Gasteiger partial charge in [0.1, 0.15) is 0 Å². The number of carbonyl (C=O) groups excluding carboxylic acids is 2. The summed E-state index contributed by atoms with van der Waals surface area (Å²) >= 11 is 0. The minimum Gasteiger partial charge on any atom is -0.361 e. The van der Waals surface area contributed by atoms with E-state index in [4.69, 9.17) is 4.74 Å². The summed E-state index contributed by atoms with van der Waals surface area (Å²) in [5.74, 6) is -0.285. The third-order valence-corrected chi connectivity index (χ3v) is 5.61. The highest BCUT2D eigenvalue weighted by molar-refractivity contribution is 5.95. The molecule has 3 aromatic rings. The Morgan fingerprint density at radius 2 is 1.81 bits per heavy atom. The van der Waals surface area contributed by atoms with Crippen molar-refractivity contribution in [2.45, 2.75) is 12.0 Å². The van der Waals surface area contributed by atoms with E-state index in [9.17, 15) is 9.59 Å². The van der Waals surface area contributed by atoms with Crippen molar-refractivity contribution < 1.29 is 14.3 Å². The highest BCUT2D eigenvalue weighted by atomic mass is 16.5. The minimum absolute atomic E-state index is 0.129. The molecule has 1 aliphatic heterocycles. The van der Waals surface area contributed by atoms with Crippen molar-refractivity contribution in [1.82, 2.24) is 19.8 Å². The van der Waals surface area contributed by atoms with Gasteiger partial charge < -0.3 is 14.5 Å². The summed E-state index contributed by atoms with van der Waals surface area (Å²) in [7, 11) is 3.42. The fourth-order valence-electron chi connectivity index (χ4n) is 4.08. The van der Waals surface area contributed by atoms with Gasteiger partial charge in [-0.3, -0.25) is 19.6 Å². The van der Waals surface area contributed by atoms with Gasteiger partial charge >= 0.3 is 0 Å². The van der Waals surface area contributed by atoms with Gasteiger partial charge in [0.15, 0.2) is 5.60 Å². The maximum atomic E-state index is 13.3. The van der Waals surface area contributed by atoms with Crippen molar-refractivity contribution in [1.29, 1.82) is 0 Å². The Labute approximate surface area is 187 Å². The number of rotatable bonds is 5. The summed E-state index contributed by atoms with van der Waals surface area (Å²) in [6.07, 6.45) is 7.10. The molecule has 7 heteroatoms. The van der Waals surface area contributed by atoms with Crippen LogP contribution in [0.25, 0.3) is 11.1 Å². The molecule has 0 N–H and O–H groups in total. The molecule has 0 unspecified atom stereocenters. The number of ether oxygens (including phenoxy) is 1. The molecule has 1 atom stereocenters. The number of amides is 2. The summed E-state index contributed by atoms with van der Waals surface area (Å²) in [4.78, 5) is 37.8. The Morgan fingerprint density at radius 3 is 2.53 bits per heavy atom. The van der Waals surface area contributed by atoms with Crippen LogP contribution in [0.15, 0.2) is 73.3 Å². The first-order chi connectivity index (χ1) is 15.5. The lowest BCUT2D eigenvalue weighted by molar-refractivity contribution is -0.165. The van der Waals surface area contributed by atoms with Gasteiger partial charge in [0.2, 0.25) is 0 Å². The lowest BCUT2D eigenvalue weighted by atomic mass is 9.89. The summed E-state index contributed by atoms with van der Waals surface area (Å²) in [6, 6.07) is 15.3. The van der Waals surface area contributed by atoms with Crippen molar-refractivity contribution in [3.8, 4) is 11.1 Å². The summed E-state index contributed by atoms with van der Waals surface area (Å²) < 4.78 is 6.14. The highest BCUT2D eigenvalue weighted by Crippen LogP contribution is 2.28. The van der Waals surface area contributed by atoms with E-state index in [1.54, 1.807) is 49.7 Å². The topological polar surface area (TPSA) is 75.6 Å². The van der Waals surface area contributed by atoms with Crippen molar-refractivity contribution in [2.75, 3.05) is 33.8 Å². The molecule has 1 aromatic carbocycles. The summed E-state index contributed by atoms with van der Waals surface area (Å²) in [5, 5.41) is 0. The van der Waals surface area contributed by atoms with Gasteiger partial charge in [0.05, 0.1) is 13.2 Å². The van der Waals surface area contributed by atoms with E-state index in [-0.39, 0.29) is 18.4 Å². The highest BCUT2D eigenvalue weighted by Gasteiger charge is 2.46. The largest absolute Gasteiger partial charge is 0.361 e. The number of aromatic nitrogens is 2. The number of morpholine rings is 1. The molecule has 32 heavy (non-hydrogen) atoms. The fourth-order valence-corrected chi connectivity index (χ4v) is 4.08. The molecule has 1 fully saturated rings. The van der Waals surface area contributed by atoms with Crippen molar-refractivity contribution >= 4 is 11.8 Å². The van der Waals surface area contributed by atoms with Gasteiger partial charge in [0, 0.05) is 57.4 Å². The predicted molar refractivity (Wildman–Crippen MR) is 121 cm³/mol. The van der Waals surface area contributed by atoms with Crippen LogP contribution in [0.1, 0.15) is 15.9 Å². The maximum Gasteiger partial charge on any atom is 0.256 e. The van der Waals surface area contributed by atoms with E-state index in [0.29, 0.717) is 25.1 Å².